The predicted octanol–water partition coefficient (Wildman–Crippen LogP) is 5.68. The lowest BCUT2D eigenvalue weighted by Crippen LogP contribution is -2.15. The van der Waals surface area contributed by atoms with E-state index in [4.69, 9.17) is 0 Å². The Labute approximate surface area is 195 Å². The molecule has 0 atom stereocenters. The van der Waals surface area contributed by atoms with Crippen molar-refractivity contribution in [2.24, 2.45) is 0 Å². The number of hydrogen-bond donors (Lipinski definition) is 1. The fraction of sp³-hybridized carbons (Fsp3) is 0.0800. The van der Waals surface area contributed by atoms with Crippen LogP contribution in [0.3, 0.4) is 0 Å². The first kappa shape index (κ1) is 21.3. The van der Waals surface area contributed by atoms with E-state index in [1.165, 1.54) is 5.56 Å². The number of anilines is 1. The van der Waals surface area contributed by atoms with Crippen LogP contribution >= 0.6 is 22.6 Å². The van der Waals surface area contributed by atoms with Gasteiger partial charge in [0.1, 0.15) is 0 Å². The van der Waals surface area contributed by atoms with Gasteiger partial charge in [-0.25, -0.2) is 13.4 Å². The van der Waals surface area contributed by atoms with Crippen LogP contribution in [0.5, 0.6) is 0 Å². The van der Waals surface area contributed by atoms with Gasteiger partial charge in [-0.15, -0.1) is 0 Å². The molecule has 0 radical (unpaired) electrons. The van der Waals surface area contributed by atoms with Crippen molar-refractivity contribution in [3.05, 3.63) is 101 Å². The van der Waals surface area contributed by atoms with Crippen LogP contribution in [0.4, 0.5) is 5.82 Å². The molecule has 0 unspecified atom stereocenters. The molecule has 0 fully saturated rings. The van der Waals surface area contributed by atoms with E-state index in [1.54, 1.807) is 24.3 Å². The number of nitrogens with zero attached hydrogens (tertiary/aromatic N) is 1. The Balaban J connectivity index is 1.67. The molecule has 0 saturated carbocycles. The molecule has 0 aliphatic heterocycles. The first-order valence-corrected chi connectivity index (χ1v) is 12.6. The number of alkyl halides is 1. The first-order valence-electron chi connectivity index (χ1n) is 9.61. The van der Waals surface area contributed by atoms with Gasteiger partial charge in [0.05, 0.1) is 10.5 Å². The van der Waals surface area contributed by atoms with Crippen LogP contribution in [0.25, 0.3) is 10.8 Å². The second kappa shape index (κ2) is 9.08. The summed E-state index contributed by atoms with van der Waals surface area (Å²) in [6, 6.07) is 24.3. The van der Waals surface area contributed by atoms with Crippen LogP contribution in [-0.4, -0.2) is 13.4 Å². The van der Waals surface area contributed by atoms with E-state index < -0.39 is 10.0 Å². The van der Waals surface area contributed by atoms with Crippen LogP contribution < -0.4 is 4.72 Å². The van der Waals surface area contributed by atoms with Gasteiger partial charge in [-0.2, -0.15) is 0 Å². The highest BCUT2D eigenvalue weighted by molar-refractivity contribution is 14.1. The van der Waals surface area contributed by atoms with Gasteiger partial charge in [0.25, 0.3) is 10.0 Å². The van der Waals surface area contributed by atoms with E-state index in [9.17, 15) is 8.42 Å². The highest BCUT2D eigenvalue weighted by Gasteiger charge is 2.17. The number of aryl methyl sites for hydroxylation is 1. The fourth-order valence-corrected chi connectivity index (χ4v) is 4.64. The molecule has 4 rings (SSSR count). The molecule has 0 aliphatic rings. The number of halogens is 1. The number of aromatic nitrogens is 1. The van der Waals surface area contributed by atoms with E-state index in [2.05, 4.69) is 44.1 Å². The molecule has 154 valence electrons. The van der Waals surface area contributed by atoms with Gasteiger partial charge in [0.15, 0.2) is 5.82 Å². The van der Waals surface area contributed by atoms with Crippen molar-refractivity contribution in [2.45, 2.75) is 16.2 Å². The number of hydrogen-bond acceptors (Lipinski definition) is 3. The molecule has 0 aliphatic carbocycles. The molecule has 1 N–H and O–H groups in total. The van der Waals surface area contributed by atoms with Gasteiger partial charge < -0.3 is 0 Å². The van der Waals surface area contributed by atoms with Gasteiger partial charge in [-0.05, 0) is 59.7 Å². The lowest BCUT2D eigenvalue weighted by Gasteiger charge is -2.10. The number of benzene rings is 3. The van der Waals surface area contributed by atoms with Crippen LogP contribution in [0.15, 0.2) is 83.8 Å². The maximum Gasteiger partial charge on any atom is 0.263 e. The SMILES string of the molecule is Cc1ccc(C#Cc2ccc(CI)cc2)c(NS(=O)(=O)c2ccc3ccccc3c2)n1. The van der Waals surface area contributed by atoms with Crippen LogP contribution in [-0.2, 0) is 14.5 Å². The van der Waals surface area contributed by atoms with Gasteiger partial charge >= 0.3 is 0 Å². The van der Waals surface area contributed by atoms with Crippen LogP contribution in [0.2, 0.25) is 0 Å². The zero-order chi connectivity index (χ0) is 21.8. The molecule has 6 heteroatoms. The van der Waals surface area contributed by atoms with Crippen molar-refractivity contribution in [3.63, 3.8) is 0 Å². The summed E-state index contributed by atoms with van der Waals surface area (Å²) in [6.07, 6.45) is 0. The lowest BCUT2D eigenvalue weighted by molar-refractivity contribution is 0.601. The van der Waals surface area contributed by atoms with Crippen molar-refractivity contribution in [1.29, 1.82) is 0 Å². The van der Waals surface area contributed by atoms with Crippen molar-refractivity contribution in [1.82, 2.24) is 4.98 Å². The van der Waals surface area contributed by atoms with Crippen molar-refractivity contribution in [3.8, 4) is 11.8 Å². The molecular weight excluding hydrogens is 519 g/mol. The van der Waals surface area contributed by atoms with Crippen molar-refractivity contribution in [2.75, 3.05) is 4.72 Å². The minimum atomic E-state index is -3.82. The summed E-state index contributed by atoms with van der Waals surface area (Å²) in [5.74, 6) is 6.38. The highest BCUT2D eigenvalue weighted by atomic mass is 127. The maximum atomic E-state index is 13.1. The summed E-state index contributed by atoms with van der Waals surface area (Å²) in [5, 5.41) is 1.84. The minimum absolute atomic E-state index is 0.183. The molecule has 31 heavy (non-hydrogen) atoms. The van der Waals surface area contributed by atoms with Crippen LogP contribution in [0.1, 0.15) is 22.4 Å². The van der Waals surface area contributed by atoms with E-state index in [-0.39, 0.29) is 10.7 Å². The highest BCUT2D eigenvalue weighted by Crippen LogP contribution is 2.22. The summed E-state index contributed by atoms with van der Waals surface area (Å²) >= 11 is 2.32. The molecule has 0 bridgehead atoms. The number of fused-ring (bicyclic) bond motifs is 1. The third-order valence-corrected chi connectivity index (χ3v) is 6.96. The summed E-state index contributed by atoms with van der Waals surface area (Å²) in [4.78, 5) is 4.58. The number of rotatable bonds is 4. The minimum Gasteiger partial charge on any atom is -0.262 e. The Bertz CT molecular complexity index is 1420. The topological polar surface area (TPSA) is 59.1 Å². The Morgan fingerprint density at radius 3 is 2.39 bits per heavy atom. The summed E-state index contributed by atoms with van der Waals surface area (Å²) in [5.41, 5.74) is 3.31. The van der Waals surface area contributed by atoms with Crippen molar-refractivity contribution < 1.29 is 8.42 Å². The molecule has 4 nitrogen and oxygen atoms in total. The van der Waals surface area contributed by atoms with E-state index in [0.29, 0.717) is 11.3 Å². The van der Waals surface area contributed by atoms with E-state index >= 15 is 0 Å². The van der Waals surface area contributed by atoms with E-state index in [1.807, 2.05) is 61.5 Å². The third-order valence-electron chi connectivity index (χ3n) is 4.75. The number of pyridine rings is 1. The summed E-state index contributed by atoms with van der Waals surface area (Å²) in [6.45, 7) is 1.81. The Hall–Kier alpha value is -2.89. The summed E-state index contributed by atoms with van der Waals surface area (Å²) in [7, 11) is -3.82. The second-order valence-corrected chi connectivity index (χ2v) is 9.49. The van der Waals surface area contributed by atoms with Crippen molar-refractivity contribution >= 4 is 49.2 Å². The summed E-state index contributed by atoms with van der Waals surface area (Å²) < 4.78 is 29.7. The Morgan fingerprint density at radius 2 is 1.65 bits per heavy atom. The fourth-order valence-electron chi connectivity index (χ4n) is 3.07. The smallest absolute Gasteiger partial charge is 0.262 e. The molecule has 0 saturated heterocycles. The average molecular weight is 538 g/mol. The monoisotopic (exact) mass is 538 g/mol. The lowest BCUT2D eigenvalue weighted by atomic mass is 10.1. The second-order valence-electron chi connectivity index (χ2n) is 7.04. The maximum absolute atomic E-state index is 13.1. The molecule has 0 spiro atoms. The number of sulfonamides is 1. The molecule has 0 amide bonds. The van der Waals surface area contributed by atoms with E-state index in [0.717, 1.165) is 20.8 Å². The largest absolute Gasteiger partial charge is 0.263 e. The molecular formula is C25H19IN2O2S. The predicted molar refractivity (Wildman–Crippen MR) is 134 cm³/mol. The first-order chi connectivity index (χ1) is 14.9. The van der Waals surface area contributed by atoms with Gasteiger partial charge in [0, 0.05) is 15.7 Å². The molecule has 1 aromatic heterocycles. The normalized spacial score (nSPS) is 11.0. The van der Waals surface area contributed by atoms with Gasteiger partial charge in [-0.1, -0.05) is 76.9 Å². The van der Waals surface area contributed by atoms with Crippen LogP contribution in [0, 0.1) is 18.8 Å². The third kappa shape index (κ3) is 5.06. The molecule has 3 aromatic carbocycles. The zero-order valence-electron chi connectivity index (χ0n) is 16.8. The van der Waals surface area contributed by atoms with Gasteiger partial charge in [0.2, 0.25) is 0 Å². The quantitative estimate of drug-likeness (QED) is 0.207. The van der Waals surface area contributed by atoms with Gasteiger partial charge in [-0.3, -0.25) is 4.72 Å². The zero-order valence-corrected chi connectivity index (χ0v) is 19.7. The Kier molecular flexibility index (Phi) is 6.25. The molecule has 1 heterocycles. The molecule has 4 aromatic rings. The standard InChI is InChI=1S/C25H19IN2O2S/c1-18-6-12-22(13-11-19-7-9-20(17-26)10-8-19)25(27-18)28-31(29,30)24-15-14-21-4-2-3-5-23(21)16-24/h2-10,12,14-16H,17H2,1H3,(H,27,28). The Morgan fingerprint density at radius 1 is 0.903 bits per heavy atom. The number of nitrogens with one attached hydrogen (secondary N) is 1. The average Bonchev–Trinajstić information content (AvgIpc) is 2.78.